The zero-order valence-electron chi connectivity index (χ0n) is 16.1. The third-order valence-electron chi connectivity index (χ3n) is 5.45. The minimum atomic E-state index is -0.422. The molecule has 0 atom stereocenters. The summed E-state index contributed by atoms with van der Waals surface area (Å²) >= 11 is 0. The maximum atomic E-state index is 13.0. The zero-order valence-corrected chi connectivity index (χ0v) is 17.7. The molecule has 27 heavy (non-hydrogen) atoms. The molecule has 3 heterocycles. The van der Waals surface area contributed by atoms with Crippen LogP contribution in [-0.2, 0) is 4.79 Å². The SMILES string of the molecule is CCC(CC)(CN)C(=O)N1CCN(c2cc(C)nc3ncnn23)CC1.Cl.Cl. The number of aryl methyl sites for hydroxylation is 1. The summed E-state index contributed by atoms with van der Waals surface area (Å²) in [5, 5.41) is 4.27. The Balaban J connectivity index is 0.00000182. The number of nitrogens with two attached hydrogens (primary N) is 1. The van der Waals surface area contributed by atoms with Crippen LogP contribution in [0.2, 0.25) is 0 Å². The third-order valence-corrected chi connectivity index (χ3v) is 5.45. The van der Waals surface area contributed by atoms with E-state index in [1.54, 1.807) is 4.52 Å². The maximum Gasteiger partial charge on any atom is 0.254 e. The summed E-state index contributed by atoms with van der Waals surface area (Å²) in [6, 6.07) is 2.02. The highest BCUT2D eigenvalue weighted by Crippen LogP contribution is 2.29. The van der Waals surface area contributed by atoms with E-state index in [0.29, 0.717) is 25.4 Å². The lowest BCUT2D eigenvalue weighted by Crippen LogP contribution is -2.55. The Hall–Kier alpha value is -1.64. The van der Waals surface area contributed by atoms with E-state index in [1.165, 1.54) is 6.33 Å². The summed E-state index contributed by atoms with van der Waals surface area (Å²) in [6.45, 7) is 9.36. The van der Waals surface area contributed by atoms with Gasteiger partial charge in [0.1, 0.15) is 12.1 Å². The number of halogens is 2. The number of amides is 1. The number of carbonyl (C=O) groups is 1. The van der Waals surface area contributed by atoms with Crippen LogP contribution in [0.1, 0.15) is 32.4 Å². The number of hydrogen-bond donors (Lipinski definition) is 1. The molecular weight excluding hydrogens is 389 g/mol. The number of carbonyl (C=O) groups excluding carboxylic acids is 1. The molecular formula is C17H29Cl2N7O. The van der Waals surface area contributed by atoms with E-state index in [9.17, 15) is 4.79 Å². The van der Waals surface area contributed by atoms with Gasteiger partial charge < -0.3 is 15.5 Å². The molecule has 1 amide bonds. The molecule has 10 heteroatoms. The number of anilines is 1. The summed E-state index contributed by atoms with van der Waals surface area (Å²) in [6.07, 6.45) is 3.08. The van der Waals surface area contributed by atoms with E-state index < -0.39 is 5.41 Å². The van der Waals surface area contributed by atoms with Crippen molar-refractivity contribution in [2.24, 2.45) is 11.1 Å². The molecule has 3 rings (SSSR count). The Morgan fingerprint density at radius 1 is 1.19 bits per heavy atom. The highest BCUT2D eigenvalue weighted by atomic mass is 35.5. The maximum absolute atomic E-state index is 13.0. The topological polar surface area (TPSA) is 92.7 Å². The molecule has 1 saturated heterocycles. The van der Waals surface area contributed by atoms with Gasteiger partial charge in [0.2, 0.25) is 5.91 Å². The molecule has 0 bridgehead atoms. The van der Waals surface area contributed by atoms with Gasteiger partial charge in [0, 0.05) is 44.5 Å². The van der Waals surface area contributed by atoms with Crippen molar-refractivity contribution in [3.05, 3.63) is 18.1 Å². The molecule has 8 nitrogen and oxygen atoms in total. The van der Waals surface area contributed by atoms with Crippen molar-refractivity contribution < 1.29 is 4.79 Å². The monoisotopic (exact) mass is 417 g/mol. The Bertz CT molecular complexity index is 747. The van der Waals surface area contributed by atoms with Gasteiger partial charge in [0.25, 0.3) is 5.78 Å². The number of fused-ring (bicyclic) bond motifs is 1. The van der Waals surface area contributed by atoms with Crippen LogP contribution in [0.25, 0.3) is 5.78 Å². The summed E-state index contributed by atoms with van der Waals surface area (Å²) in [5.74, 6) is 1.77. The molecule has 152 valence electrons. The van der Waals surface area contributed by atoms with Gasteiger partial charge in [-0.25, -0.2) is 4.98 Å². The molecule has 1 fully saturated rings. The Morgan fingerprint density at radius 2 is 1.81 bits per heavy atom. The molecule has 1 aliphatic heterocycles. The fourth-order valence-electron chi connectivity index (χ4n) is 3.54. The van der Waals surface area contributed by atoms with Crippen molar-refractivity contribution in [1.82, 2.24) is 24.5 Å². The lowest BCUT2D eigenvalue weighted by atomic mass is 9.81. The van der Waals surface area contributed by atoms with E-state index in [0.717, 1.165) is 37.4 Å². The van der Waals surface area contributed by atoms with Gasteiger partial charge in [-0.3, -0.25) is 4.79 Å². The Morgan fingerprint density at radius 3 is 2.37 bits per heavy atom. The van der Waals surface area contributed by atoms with Crippen molar-refractivity contribution in [2.75, 3.05) is 37.6 Å². The van der Waals surface area contributed by atoms with Crippen molar-refractivity contribution in [2.45, 2.75) is 33.6 Å². The van der Waals surface area contributed by atoms with Crippen molar-refractivity contribution >= 4 is 42.3 Å². The quantitative estimate of drug-likeness (QED) is 0.795. The fraction of sp³-hybridized carbons (Fsp3) is 0.647. The number of aromatic nitrogens is 4. The van der Waals surface area contributed by atoms with Crippen molar-refractivity contribution in [3.8, 4) is 0 Å². The van der Waals surface area contributed by atoms with Crippen LogP contribution in [0.3, 0.4) is 0 Å². The van der Waals surface area contributed by atoms with E-state index >= 15 is 0 Å². The largest absolute Gasteiger partial charge is 0.353 e. The van der Waals surface area contributed by atoms with E-state index in [4.69, 9.17) is 5.73 Å². The minimum Gasteiger partial charge on any atom is -0.353 e. The minimum absolute atomic E-state index is 0. The number of hydrogen-bond acceptors (Lipinski definition) is 6. The van der Waals surface area contributed by atoms with Crippen molar-refractivity contribution in [1.29, 1.82) is 0 Å². The summed E-state index contributed by atoms with van der Waals surface area (Å²) in [7, 11) is 0. The number of piperazine rings is 1. The first-order valence-electron chi connectivity index (χ1n) is 8.96. The average Bonchev–Trinajstić information content (AvgIpc) is 3.11. The molecule has 0 aromatic carbocycles. The van der Waals surface area contributed by atoms with Gasteiger partial charge in [0.05, 0.1) is 5.41 Å². The van der Waals surface area contributed by atoms with Gasteiger partial charge in [-0.05, 0) is 19.8 Å². The van der Waals surface area contributed by atoms with Crippen LogP contribution in [-0.4, -0.2) is 63.1 Å². The highest BCUT2D eigenvalue weighted by molar-refractivity contribution is 5.85. The van der Waals surface area contributed by atoms with Crippen molar-refractivity contribution in [3.63, 3.8) is 0 Å². The zero-order chi connectivity index (χ0) is 18.0. The number of rotatable bonds is 5. The van der Waals surface area contributed by atoms with Crippen LogP contribution < -0.4 is 10.6 Å². The first kappa shape index (κ1) is 23.4. The average molecular weight is 418 g/mol. The summed E-state index contributed by atoms with van der Waals surface area (Å²) < 4.78 is 1.76. The second-order valence-electron chi connectivity index (χ2n) is 6.70. The first-order valence-corrected chi connectivity index (χ1v) is 8.96. The third kappa shape index (κ3) is 4.28. The Kier molecular flexibility index (Phi) is 8.25. The molecule has 0 radical (unpaired) electrons. The van der Waals surface area contributed by atoms with Crippen LogP contribution >= 0.6 is 24.8 Å². The molecule has 0 spiro atoms. The highest BCUT2D eigenvalue weighted by Gasteiger charge is 2.38. The standard InChI is InChI=1S/C17H27N7O.2ClH/c1-4-17(5-2,11-18)15(25)23-8-6-22(7-9-23)14-10-13(3)21-16-19-12-20-24(14)16;;/h10,12H,4-9,11,18H2,1-3H3;2*1H. The van der Waals surface area contributed by atoms with Crippen LogP contribution in [0.4, 0.5) is 5.82 Å². The smallest absolute Gasteiger partial charge is 0.254 e. The van der Waals surface area contributed by atoms with Gasteiger partial charge in [-0.1, -0.05) is 13.8 Å². The van der Waals surface area contributed by atoms with Gasteiger partial charge >= 0.3 is 0 Å². The second-order valence-corrected chi connectivity index (χ2v) is 6.70. The van der Waals surface area contributed by atoms with Gasteiger partial charge in [-0.15, -0.1) is 24.8 Å². The second kappa shape index (κ2) is 9.52. The normalized spacial score (nSPS) is 14.7. The van der Waals surface area contributed by atoms with Crippen LogP contribution in [0.15, 0.2) is 12.4 Å². The molecule has 0 unspecified atom stereocenters. The molecule has 2 aromatic heterocycles. The molecule has 1 aliphatic rings. The molecule has 2 aromatic rings. The van der Waals surface area contributed by atoms with Crippen LogP contribution in [0, 0.1) is 12.3 Å². The van der Waals surface area contributed by atoms with Gasteiger partial charge in [-0.2, -0.15) is 14.6 Å². The van der Waals surface area contributed by atoms with E-state index in [-0.39, 0.29) is 30.7 Å². The number of nitrogens with zero attached hydrogens (tertiary/aromatic N) is 6. The molecule has 0 aliphatic carbocycles. The summed E-state index contributed by atoms with van der Waals surface area (Å²) in [4.78, 5) is 25.7. The fourth-order valence-corrected chi connectivity index (χ4v) is 3.54. The summed E-state index contributed by atoms with van der Waals surface area (Å²) in [5.41, 5.74) is 6.43. The van der Waals surface area contributed by atoms with E-state index in [1.807, 2.05) is 31.7 Å². The predicted octanol–water partition coefficient (Wildman–Crippen LogP) is 1.69. The Labute approximate surface area is 172 Å². The van der Waals surface area contributed by atoms with Gasteiger partial charge in [0.15, 0.2) is 0 Å². The lowest BCUT2D eigenvalue weighted by molar-refractivity contribution is -0.142. The lowest BCUT2D eigenvalue weighted by Gasteiger charge is -2.40. The predicted molar refractivity (Wildman–Crippen MR) is 111 cm³/mol. The van der Waals surface area contributed by atoms with E-state index in [2.05, 4.69) is 20.0 Å². The molecule has 0 saturated carbocycles. The molecule has 2 N–H and O–H groups in total. The first-order chi connectivity index (χ1) is 12.0. The van der Waals surface area contributed by atoms with Crippen LogP contribution in [0.5, 0.6) is 0 Å².